The maximum Gasteiger partial charge on any atom is 0.0641 e. The van der Waals surface area contributed by atoms with E-state index in [4.69, 9.17) is 0 Å². The van der Waals surface area contributed by atoms with E-state index in [9.17, 15) is 0 Å². The van der Waals surface area contributed by atoms with Gasteiger partial charge in [0.1, 0.15) is 0 Å². The van der Waals surface area contributed by atoms with E-state index in [-0.39, 0.29) is 0 Å². The lowest BCUT2D eigenvalue weighted by Gasteiger charge is -2.14. The normalized spacial score (nSPS) is 12.7. The Morgan fingerprint density at radius 1 is 1.22 bits per heavy atom. The molecule has 1 aromatic heterocycles. The first-order valence-electron chi connectivity index (χ1n) is 6.37. The molecule has 0 spiro atoms. The number of benzene rings is 1. The summed E-state index contributed by atoms with van der Waals surface area (Å²) in [6, 6.07) is 10.9. The molecule has 1 N–H and O–H groups in total. The van der Waals surface area contributed by atoms with Gasteiger partial charge in [-0.1, -0.05) is 30.3 Å². The molecule has 0 saturated heterocycles. The van der Waals surface area contributed by atoms with Crippen molar-refractivity contribution in [2.45, 2.75) is 33.4 Å². The first kappa shape index (κ1) is 12.8. The van der Waals surface area contributed by atoms with Gasteiger partial charge >= 0.3 is 0 Å². The van der Waals surface area contributed by atoms with Crippen LogP contribution in [0.15, 0.2) is 30.3 Å². The summed E-state index contributed by atoms with van der Waals surface area (Å²) in [5, 5.41) is 7.99. The fourth-order valence-electron chi connectivity index (χ4n) is 2.19. The van der Waals surface area contributed by atoms with Gasteiger partial charge in [0, 0.05) is 30.9 Å². The lowest BCUT2D eigenvalue weighted by atomic mass is 10.1. The van der Waals surface area contributed by atoms with Crippen molar-refractivity contribution in [1.82, 2.24) is 15.1 Å². The minimum absolute atomic E-state index is 0.352. The van der Waals surface area contributed by atoms with Gasteiger partial charge in [-0.3, -0.25) is 4.68 Å². The molecule has 0 aliphatic carbocycles. The Bertz CT molecular complexity index is 514. The maximum atomic E-state index is 4.44. The average Bonchev–Trinajstić information content (AvgIpc) is 2.62. The molecule has 1 heterocycles. The van der Waals surface area contributed by atoms with Gasteiger partial charge in [0.15, 0.2) is 0 Å². The predicted molar refractivity (Wildman–Crippen MR) is 74.4 cm³/mol. The molecule has 0 radical (unpaired) electrons. The highest BCUT2D eigenvalue weighted by molar-refractivity contribution is 5.25. The van der Waals surface area contributed by atoms with Crippen LogP contribution >= 0.6 is 0 Å². The molecule has 0 fully saturated rings. The van der Waals surface area contributed by atoms with E-state index in [1.165, 1.54) is 16.8 Å². The first-order chi connectivity index (χ1) is 8.59. The number of aryl methyl sites for hydroxylation is 2. The van der Waals surface area contributed by atoms with Gasteiger partial charge < -0.3 is 5.32 Å². The van der Waals surface area contributed by atoms with Gasteiger partial charge in [-0.25, -0.2) is 0 Å². The Hall–Kier alpha value is -1.61. The summed E-state index contributed by atoms with van der Waals surface area (Å²) < 4.78 is 1.94. The minimum Gasteiger partial charge on any atom is -0.306 e. The first-order valence-corrected chi connectivity index (χ1v) is 6.37. The summed E-state index contributed by atoms with van der Waals surface area (Å²) in [4.78, 5) is 0. The van der Waals surface area contributed by atoms with Crippen molar-refractivity contribution < 1.29 is 0 Å². The molecule has 1 atom stereocenters. The smallest absolute Gasteiger partial charge is 0.0641 e. The van der Waals surface area contributed by atoms with Gasteiger partial charge in [0.25, 0.3) is 0 Å². The van der Waals surface area contributed by atoms with Crippen molar-refractivity contribution in [2.75, 3.05) is 0 Å². The minimum atomic E-state index is 0.352. The van der Waals surface area contributed by atoms with Crippen LogP contribution in [0.25, 0.3) is 0 Å². The third-order valence-electron chi connectivity index (χ3n) is 3.54. The zero-order valence-corrected chi connectivity index (χ0v) is 11.6. The molecule has 2 rings (SSSR count). The van der Waals surface area contributed by atoms with Crippen LogP contribution in [0.4, 0.5) is 0 Å². The highest BCUT2D eigenvalue weighted by Crippen LogP contribution is 2.15. The van der Waals surface area contributed by atoms with Crippen LogP contribution in [0.5, 0.6) is 0 Å². The van der Waals surface area contributed by atoms with Crippen molar-refractivity contribution in [2.24, 2.45) is 7.05 Å². The van der Waals surface area contributed by atoms with Gasteiger partial charge in [0.2, 0.25) is 0 Å². The van der Waals surface area contributed by atoms with Crippen LogP contribution in [0.1, 0.15) is 35.5 Å². The van der Waals surface area contributed by atoms with E-state index < -0.39 is 0 Å². The second-order valence-electron chi connectivity index (χ2n) is 4.79. The molecule has 0 saturated carbocycles. The zero-order chi connectivity index (χ0) is 13.1. The molecule has 0 aliphatic rings. The van der Waals surface area contributed by atoms with Crippen molar-refractivity contribution in [1.29, 1.82) is 0 Å². The van der Waals surface area contributed by atoms with E-state index in [1.54, 1.807) is 0 Å². The summed E-state index contributed by atoms with van der Waals surface area (Å²) in [5.74, 6) is 0. The number of nitrogens with one attached hydrogen (secondary N) is 1. The third-order valence-corrected chi connectivity index (χ3v) is 3.54. The summed E-state index contributed by atoms with van der Waals surface area (Å²) in [6.45, 7) is 7.24. The Morgan fingerprint density at radius 2 is 1.89 bits per heavy atom. The van der Waals surface area contributed by atoms with Gasteiger partial charge in [-0.2, -0.15) is 5.10 Å². The number of hydrogen-bond donors (Lipinski definition) is 1. The second kappa shape index (κ2) is 5.36. The molecular formula is C15H21N3. The van der Waals surface area contributed by atoms with Crippen molar-refractivity contribution >= 4 is 0 Å². The maximum absolute atomic E-state index is 4.44. The van der Waals surface area contributed by atoms with E-state index in [0.29, 0.717) is 6.04 Å². The molecule has 1 aromatic carbocycles. The van der Waals surface area contributed by atoms with Gasteiger partial charge in [-0.15, -0.1) is 0 Å². The van der Waals surface area contributed by atoms with E-state index in [2.05, 4.69) is 55.5 Å². The molecule has 18 heavy (non-hydrogen) atoms. The van der Waals surface area contributed by atoms with Crippen LogP contribution in [0.2, 0.25) is 0 Å². The molecule has 3 heteroatoms. The number of nitrogens with zero attached hydrogens (tertiary/aromatic N) is 2. The SMILES string of the molecule is Cc1nn(C)c(C)c1CN[C@H](C)c1ccccc1. The Kier molecular flexibility index (Phi) is 3.82. The molecule has 0 unspecified atom stereocenters. The lowest BCUT2D eigenvalue weighted by Crippen LogP contribution is -2.18. The van der Waals surface area contributed by atoms with Crippen LogP contribution in [0, 0.1) is 13.8 Å². The molecule has 0 amide bonds. The third kappa shape index (κ3) is 2.62. The summed E-state index contributed by atoms with van der Waals surface area (Å²) in [5.41, 5.74) is 4.97. The van der Waals surface area contributed by atoms with E-state index in [1.807, 2.05) is 17.8 Å². The second-order valence-corrected chi connectivity index (χ2v) is 4.79. The highest BCUT2D eigenvalue weighted by atomic mass is 15.3. The molecule has 2 aromatic rings. The van der Waals surface area contributed by atoms with Crippen LogP contribution < -0.4 is 5.32 Å². The quantitative estimate of drug-likeness (QED) is 0.895. The van der Waals surface area contributed by atoms with Gasteiger partial charge in [-0.05, 0) is 26.3 Å². The summed E-state index contributed by atoms with van der Waals surface area (Å²) >= 11 is 0. The highest BCUT2D eigenvalue weighted by Gasteiger charge is 2.10. The number of rotatable bonds is 4. The lowest BCUT2D eigenvalue weighted by molar-refractivity contribution is 0.571. The van der Waals surface area contributed by atoms with Crippen molar-refractivity contribution in [3.05, 3.63) is 52.8 Å². The molecule has 3 nitrogen and oxygen atoms in total. The molecular weight excluding hydrogens is 222 g/mol. The Labute approximate surface area is 109 Å². The monoisotopic (exact) mass is 243 g/mol. The van der Waals surface area contributed by atoms with Crippen LogP contribution in [-0.4, -0.2) is 9.78 Å². The van der Waals surface area contributed by atoms with Gasteiger partial charge in [0.05, 0.1) is 5.69 Å². The number of hydrogen-bond acceptors (Lipinski definition) is 2. The van der Waals surface area contributed by atoms with Crippen molar-refractivity contribution in [3.8, 4) is 0 Å². The van der Waals surface area contributed by atoms with Crippen molar-refractivity contribution in [3.63, 3.8) is 0 Å². The van der Waals surface area contributed by atoms with Crippen LogP contribution in [0.3, 0.4) is 0 Å². The largest absolute Gasteiger partial charge is 0.306 e. The zero-order valence-electron chi connectivity index (χ0n) is 11.6. The fourth-order valence-corrected chi connectivity index (χ4v) is 2.19. The Morgan fingerprint density at radius 3 is 2.44 bits per heavy atom. The topological polar surface area (TPSA) is 29.9 Å². The fraction of sp³-hybridized carbons (Fsp3) is 0.400. The molecule has 0 bridgehead atoms. The Balaban J connectivity index is 2.04. The van der Waals surface area contributed by atoms with E-state index >= 15 is 0 Å². The average molecular weight is 243 g/mol. The summed E-state index contributed by atoms with van der Waals surface area (Å²) in [6.07, 6.45) is 0. The van der Waals surface area contributed by atoms with E-state index in [0.717, 1.165) is 12.2 Å². The molecule has 96 valence electrons. The standard InChI is InChI=1S/C15H21N3/c1-11(14-8-6-5-7-9-14)16-10-15-12(2)17-18(4)13(15)3/h5-9,11,16H,10H2,1-4H3/t11-/m1/s1. The molecule has 0 aliphatic heterocycles. The van der Waals surface area contributed by atoms with Crippen LogP contribution in [-0.2, 0) is 13.6 Å². The number of aromatic nitrogens is 2. The summed E-state index contributed by atoms with van der Waals surface area (Å²) in [7, 11) is 1.99. The predicted octanol–water partition coefficient (Wildman–Crippen LogP) is 2.89.